The first-order chi connectivity index (χ1) is 8.74. The number of unbranched alkanes of at least 4 members (excludes halogenated alkanes) is 4. The van der Waals surface area contributed by atoms with Crippen LogP contribution in [0.25, 0.3) is 0 Å². The zero-order valence-corrected chi connectivity index (χ0v) is 13.6. The number of halogens is 1. The van der Waals surface area contributed by atoms with Crippen molar-refractivity contribution < 1.29 is 9.53 Å². The number of esters is 1. The maximum Gasteiger partial charge on any atom is 0.316 e. The molecule has 0 saturated heterocycles. The van der Waals surface area contributed by atoms with Crippen molar-refractivity contribution in [1.29, 1.82) is 0 Å². The summed E-state index contributed by atoms with van der Waals surface area (Å²) in [4.78, 5) is 11.0. The molecule has 0 radical (unpaired) electrons. The lowest BCUT2D eigenvalue weighted by Gasteiger charge is -2.16. The van der Waals surface area contributed by atoms with Gasteiger partial charge in [0.15, 0.2) is 0 Å². The minimum Gasteiger partial charge on any atom is -0.465 e. The highest BCUT2D eigenvalue weighted by Crippen LogP contribution is 2.21. The summed E-state index contributed by atoms with van der Waals surface area (Å²) >= 11 is 3.11. The average Bonchev–Trinajstić information content (AvgIpc) is 2.38. The SMILES string of the molecule is CCCCCC(CCCCC)CCOC(=O)CBr. The summed E-state index contributed by atoms with van der Waals surface area (Å²) in [7, 11) is 0. The van der Waals surface area contributed by atoms with Crippen molar-refractivity contribution in [2.45, 2.75) is 71.6 Å². The Balaban J connectivity index is 3.76. The first kappa shape index (κ1) is 17.9. The summed E-state index contributed by atoms with van der Waals surface area (Å²) in [6.07, 6.45) is 11.5. The maximum atomic E-state index is 11.0. The van der Waals surface area contributed by atoms with Crippen LogP contribution < -0.4 is 0 Å². The monoisotopic (exact) mass is 320 g/mol. The molecule has 0 saturated carbocycles. The van der Waals surface area contributed by atoms with Gasteiger partial charge in [-0.05, 0) is 12.3 Å². The second-order valence-electron chi connectivity index (χ2n) is 5.00. The third-order valence-electron chi connectivity index (χ3n) is 3.33. The van der Waals surface area contributed by atoms with Crippen molar-refractivity contribution in [1.82, 2.24) is 0 Å². The van der Waals surface area contributed by atoms with Gasteiger partial charge in [0.05, 0.1) is 6.61 Å². The third-order valence-corrected chi connectivity index (χ3v) is 3.79. The van der Waals surface area contributed by atoms with Gasteiger partial charge in [0.1, 0.15) is 5.33 Å². The molecule has 0 amide bonds. The molecule has 18 heavy (non-hydrogen) atoms. The van der Waals surface area contributed by atoms with Crippen LogP contribution in [0.5, 0.6) is 0 Å². The van der Waals surface area contributed by atoms with Crippen molar-refractivity contribution in [2.75, 3.05) is 11.9 Å². The normalized spacial score (nSPS) is 10.9. The molecular weight excluding hydrogens is 292 g/mol. The third kappa shape index (κ3) is 11.1. The van der Waals surface area contributed by atoms with Gasteiger partial charge in [-0.15, -0.1) is 0 Å². The van der Waals surface area contributed by atoms with Gasteiger partial charge >= 0.3 is 5.97 Å². The largest absolute Gasteiger partial charge is 0.465 e. The van der Waals surface area contributed by atoms with E-state index in [9.17, 15) is 4.79 Å². The quantitative estimate of drug-likeness (QED) is 0.284. The van der Waals surface area contributed by atoms with Gasteiger partial charge in [0.2, 0.25) is 0 Å². The lowest BCUT2D eigenvalue weighted by atomic mass is 9.92. The zero-order chi connectivity index (χ0) is 13.6. The maximum absolute atomic E-state index is 11.0. The Bertz CT molecular complexity index is 185. The highest BCUT2D eigenvalue weighted by atomic mass is 79.9. The van der Waals surface area contributed by atoms with Gasteiger partial charge < -0.3 is 4.74 Å². The van der Waals surface area contributed by atoms with Gasteiger partial charge in [-0.2, -0.15) is 0 Å². The molecule has 0 aromatic carbocycles. The molecule has 0 aromatic heterocycles. The molecule has 108 valence electrons. The number of hydrogen-bond donors (Lipinski definition) is 0. The highest BCUT2D eigenvalue weighted by Gasteiger charge is 2.09. The fourth-order valence-electron chi connectivity index (χ4n) is 2.18. The topological polar surface area (TPSA) is 26.3 Å². The van der Waals surface area contributed by atoms with Crippen LogP contribution in [0.1, 0.15) is 71.6 Å². The number of carbonyl (C=O) groups is 1. The standard InChI is InChI=1S/C15H29BrO2/c1-3-5-7-9-14(10-8-6-4-2)11-12-18-15(17)13-16/h14H,3-13H2,1-2H3. The molecule has 0 unspecified atom stereocenters. The Hall–Kier alpha value is -0.0500. The first-order valence-corrected chi connectivity index (χ1v) is 8.58. The van der Waals surface area contributed by atoms with Crippen LogP contribution in [0, 0.1) is 5.92 Å². The second kappa shape index (κ2) is 13.4. The molecule has 0 heterocycles. The van der Waals surface area contributed by atoms with Crippen LogP contribution in [-0.4, -0.2) is 17.9 Å². The van der Waals surface area contributed by atoms with Crippen LogP contribution >= 0.6 is 15.9 Å². The van der Waals surface area contributed by atoms with Crippen LogP contribution in [0.3, 0.4) is 0 Å². The van der Waals surface area contributed by atoms with E-state index < -0.39 is 0 Å². The number of ether oxygens (including phenoxy) is 1. The van der Waals surface area contributed by atoms with Crippen molar-refractivity contribution in [2.24, 2.45) is 5.92 Å². The molecule has 0 N–H and O–H groups in total. The Kier molecular flexibility index (Phi) is 13.3. The molecule has 0 aliphatic heterocycles. The molecule has 0 bridgehead atoms. The summed E-state index contributed by atoms with van der Waals surface area (Å²) in [5, 5.41) is 0.309. The first-order valence-electron chi connectivity index (χ1n) is 7.46. The summed E-state index contributed by atoms with van der Waals surface area (Å²) in [5.41, 5.74) is 0. The van der Waals surface area contributed by atoms with Gasteiger partial charge in [0.25, 0.3) is 0 Å². The molecule has 0 atom stereocenters. The highest BCUT2D eigenvalue weighted by molar-refractivity contribution is 9.09. The minimum absolute atomic E-state index is 0.143. The summed E-state index contributed by atoms with van der Waals surface area (Å²) in [5.74, 6) is 0.599. The van der Waals surface area contributed by atoms with E-state index in [1.165, 1.54) is 51.4 Å². The Morgan fingerprint density at radius 3 is 2.00 bits per heavy atom. The predicted octanol–water partition coefficient (Wildman–Crippen LogP) is 5.09. The summed E-state index contributed by atoms with van der Waals surface area (Å²) in [6, 6.07) is 0. The lowest BCUT2D eigenvalue weighted by molar-refractivity contribution is -0.140. The summed E-state index contributed by atoms with van der Waals surface area (Å²) in [6.45, 7) is 5.07. The van der Waals surface area contributed by atoms with Crippen LogP contribution in [0.15, 0.2) is 0 Å². The van der Waals surface area contributed by atoms with E-state index in [1.54, 1.807) is 0 Å². The summed E-state index contributed by atoms with van der Waals surface area (Å²) < 4.78 is 5.15. The van der Waals surface area contributed by atoms with Crippen LogP contribution in [0.2, 0.25) is 0 Å². The molecule has 0 rings (SSSR count). The molecule has 0 spiro atoms. The van der Waals surface area contributed by atoms with Gasteiger partial charge in [-0.3, -0.25) is 4.79 Å². The van der Waals surface area contributed by atoms with Crippen molar-refractivity contribution in [3.8, 4) is 0 Å². The molecular formula is C15H29BrO2. The Morgan fingerprint density at radius 2 is 1.56 bits per heavy atom. The number of hydrogen-bond acceptors (Lipinski definition) is 2. The van der Waals surface area contributed by atoms with E-state index in [0.717, 1.165) is 12.3 Å². The molecule has 0 aliphatic rings. The van der Waals surface area contributed by atoms with Crippen LogP contribution in [0.4, 0.5) is 0 Å². The number of alkyl halides is 1. The van der Waals surface area contributed by atoms with Crippen molar-refractivity contribution >= 4 is 21.9 Å². The predicted molar refractivity (Wildman–Crippen MR) is 81.1 cm³/mol. The number of rotatable bonds is 12. The van der Waals surface area contributed by atoms with Gasteiger partial charge in [-0.1, -0.05) is 81.1 Å². The fourth-order valence-corrected chi connectivity index (χ4v) is 2.34. The minimum atomic E-state index is -0.143. The molecule has 0 aliphatic carbocycles. The van der Waals surface area contributed by atoms with E-state index in [0.29, 0.717) is 11.9 Å². The average molecular weight is 321 g/mol. The van der Waals surface area contributed by atoms with Gasteiger partial charge in [0, 0.05) is 0 Å². The molecule has 2 nitrogen and oxygen atoms in total. The van der Waals surface area contributed by atoms with Crippen LogP contribution in [-0.2, 0) is 9.53 Å². The molecule has 0 fully saturated rings. The van der Waals surface area contributed by atoms with Crippen molar-refractivity contribution in [3.63, 3.8) is 0 Å². The van der Waals surface area contributed by atoms with E-state index >= 15 is 0 Å². The fraction of sp³-hybridized carbons (Fsp3) is 0.933. The smallest absolute Gasteiger partial charge is 0.316 e. The van der Waals surface area contributed by atoms with Gasteiger partial charge in [-0.25, -0.2) is 0 Å². The zero-order valence-electron chi connectivity index (χ0n) is 12.0. The molecule has 0 aromatic rings. The second-order valence-corrected chi connectivity index (χ2v) is 5.56. The Morgan fingerprint density at radius 1 is 1.00 bits per heavy atom. The van der Waals surface area contributed by atoms with E-state index in [4.69, 9.17) is 4.74 Å². The number of carbonyl (C=O) groups excluding carboxylic acids is 1. The van der Waals surface area contributed by atoms with Crippen molar-refractivity contribution in [3.05, 3.63) is 0 Å². The lowest BCUT2D eigenvalue weighted by Crippen LogP contribution is -2.11. The Labute approximate surface area is 121 Å². The van der Waals surface area contributed by atoms with E-state index in [-0.39, 0.29) is 5.97 Å². The van der Waals surface area contributed by atoms with E-state index in [1.807, 2.05) is 0 Å². The molecule has 3 heteroatoms. The van der Waals surface area contributed by atoms with E-state index in [2.05, 4.69) is 29.8 Å².